The Hall–Kier alpha value is -0.420. The molecule has 104 valence electrons. The van der Waals surface area contributed by atoms with Gasteiger partial charge in [0, 0.05) is 35.5 Å². The lowest BCUT2D eigenvalue weighted by Gasteiger charge is -2.37. The van der Waals surface area contributed by atoms with Crippen molar-refractivity contribution in [1.82, 2.24) is 0 Å². The van der Waals surface area contributed by atoms with Crippen molar-refractivity contribution in [2.75, 3.05) is 25.6 Å². The fraction of sp³-hybridized carbons (Fsp3) is 0.571. The summed E-state index contributed by atoms with van der Waals surface area (Å²) in [5.41, 5.74) is 6.72. The molecule has 5 heteroatoms. The summed E-state index contributed by atoms with van der Waals surface area (Å²) in [7, 11) is 0. The average molecular weight is 300 g/mol. The van der Waals surface area contributed by atoms with Gasteiger partial charge in [-0.25, -0.2) is 0 Å². The first-order chi connectivity index (χ1) is 9.19. The molecule has 2 aliphatic rings. The number of anilines is 1. The Morgan fingerprint density at radius 3 is 3.00 bits per heavy atom. The summed E-state index contributed by atoms with van der Waals surface area (Å²) in [5.74, 6) is 0. The van der Waals surface area contributed by atoms with Gasteiger partial charge in [0.25, 0.3) is 0 Å². The zero-order valence-electron chi connectivity index (χ0n) is 10.7. The van der Waals surface area contributed by atoms with Crippen LogP contribution in [0.25, 0.3) is 0 Å². The average Bonchev–Trinajstić information content (AvgIpc) is 2.82. The minimum atomic E-state index is -0.0636. The summed E-state index contributed by atoms with van der Waals surface area (Å²) in [6, 6.07) is 5.69. The highest BCUT2D eigenvalue weighted by Crippen LogP contribution is 2.43. The van der Waals surface area contributed by atoms with Gasteiger partial charge in [-0.2, -0.15) is 0 Å². The van der Waals surface area contributed by atoms with Crippen LogP contribution in [-0.4, -0.2) is 30.7 Å². The molecule has 2 fully saturated rings. The molecular weight excluding hydrogens is 282 g/mol. The summed E-state index contributed by atoms with van der Waals surface area (Å²) in [6.45, 7) is 2.33. The molecule has 3 nitrogen and oxygen atoms in total. The monoisotopic (exact) mass is 299 g/mol. The zero-order chi connectivity index (χ0) is 13.3. The Labute approximate surface area is 122 Å². The number of halogens is 1. The summed E-state index contributed by atoms with van der Waals surface area (Å²) in [6.07, 6.45) is 3.06. The van der Waals surface area contributed by atoms with E-state index in [0.717, 1.165) is 54.7 Å². The molecule has 2 aliphatic heterocycles. The first kappa shape index (κ1) is 13.6. The van der Waals surface area contributed by atoms with Crippen LogP contribution in [0.2, 0.25) is 5.02 Å². The van der Waals surface area contributed by atoms with E-state index in [4.69, 9.17) is 26.8 Å². The standard InChI is InChI=1S/C14H18ClNO2S/c15-11-2-1-3-12(16)13(11)19-10-4-6-18-14(8-10)5-7-17-9-14/h1-3,10H,4-9,16H2. The second-order valence-electron chi connectivity index (χ2n) is 5.22. The molecule has 2 heterocycles. The number of hydrogen-bond acceptors (Lipinski definition) is 4. The molecule has 0 saturated carbocycles. The molecule has 0 aliphatic carbocycles. The van der Waals surface area contributed by atoms with E-state index in [0.29, 0.717) is 5.25 Å². The van der Waals surface area contributed by atoms with Crippen molar-refractivity contribution >= 4 is 29.1 Å². The Morgan fingerprint density at radius 1 is 1.37 bits per heavy atom. The molecule has 0 radical (unpaired) electrons. The Bertz CT molecular complexity index is 443. The minimum Gasteiger partial charge on any atom is -0.398 e. The maximum Gasteiger partial charge on any atom is 0.0947 e. The number of nitrogens with two attached hydrogens (primary N) is 1. The topological polar surface area (TPSA) is 44.5 Å². The third kappa shape index (κ3) is 2.87. The predicted octanol–water partition coefficient (Wildman–Crippen LogP) is 3.35. The third-order valence-electron chi connectivity index (χ3n) is 3.80. The van der Waals surface area contributed by atoms with Crippen LogP contribution in [0.1, 0.15) is 19.3 Å². The van der Waals surface area contributed by atoms with Gasteiger partial charge in [-0.1, -0.05) is 17.7 Å². The van der Waals surface area contributed by atoms with Crippen LogP contribution in [0, 0.1) is 0 Å². The van der Waals surface area contributed by atoms with Crippen LogP contribution in [0.15, 0.2) is 23.1 Å². The maximum absolute atomic E-state index is 6.24. The molecule has 1 aromatic carbocycles. The number of thioether (sulfide) groups is 1. The molecule has 1 spiro atoms. The van der Waals surface area contributed by atoms with Crippen molar-refractivity contribution < 1.29 is 9.47 Å². The third-order valence-corrected chi connectivity index (χ3v) is 5.65. The predicted molar refractivity (Wildman–Crippen MR) is 78.9 cm³/mol. The van der Waals surface area contributed by atoms with Crippen molar-refractivity contribution in [2.45, 2.75) is 35.0 Å². The van der Waals surface area contributed by atoms with Crippen LogP contribution in [0.5, 0.6) is 0 Å². The summed E-state index contributed by atoms with van der Waals surface area (Å²) in [5, 5.41) is 1.24. The van der Waals surface area contributed by atoms with Gasteiger partial charge in [-0.3, -0.25) is 0 Å². The van der Waals surface area contributed by atoms with Crippen molar-refractivity contribution in [3.63, 3.8) is 0 Å². The highest BCUT2D eigenvalue weighted by molar-refractivity contribution is 8.00. The molecule has 2 atom stereocenters. The first-order valence-corrected chi connectivity index (χ1v) is 7.87. The van der Waals surface area contributed by atoms with E-state index in [1.165, 1.54) is 0 Å². The van der Waals surface area contributed by atoms with E-state index in [1.807, 2.05) is 18.2 Å². The SMILES string of the molecule is Nc1cccc(Cl)c1SC1CCOC2(CCOC2)C1. The lowest BCUT2D eigenvalue weighted by Crippen LogP contribution is -2.41. The largest absolute Gasteiger partial charge is 0.398 e. The van der Waals surface area contributed by atoms with Gasteiger partial charge in [-0.05, 0) is 25.0 Å². The van der Waals surface area contributed by atoms with Crippen LogP contribution < -0.4 is 5.73 Å². The smallest absolute Gasteiger partial charge is 0.0947 e. The number of ether oxygens (including phenoxy) is 2. The molecule has 3 rings (SSSR count). The Balaban J connectivity index is 1.73. The van der Waals surface area contributed by atoms with Gasteiger partial charge in [0.1, 0.15) is 0 Å². The highest BCUT2D eigenvalue weighted by atomic mass is 35.5. The summed E-state index contributed by atoms with van der Waals surface area (Å²) < 4.78 is 11.5. The van der Waals surface area contributed by atoms with Crippen molar-refractivity contribution in [2.24, 2.45) is 0 Å². The second-order valence-corrected chi connectivity index (χ2v) is 6.94. The van der Waals surface area contributed by atoms with Crippen LogP contribution >= 0.6 is 23.4 Å². The van der Waals surface area contributed by atoms with Crippen molar-refractivity contribution in [1.29, 1.82) is 0 Å². The van der Waals surface area contributed by atoms with Crippen molar-refractivity contribution in [3.8, 4) is 0 Å². The van der Waals surface area contributed by atoms with Crippen molar-refractivity contribution in [3.05, 3.63) is 23.2 Å². The number of nitrogen functional groups attached to an aromatic ring is 1. The quantitative estimate of drug-likeness (QED) is 0.851. The Kier molecular flexibility index (Phi) is 3.94. The summed E-state index contributed by atoms with van der Waals surface area (Å²) >= 11 is 8.03. The molecule has 19 heavy (non-hydrogen) atoms. The lowest BCUT2D eigenvalue weighted by atomic mass is 9.93. The number of rotatable bonds is 2. The van der Waals surface area contributed by atoms with E-state index >= 15 is 0 Å². The van der Waals surface area contributed by atoms with E-state index in [2.05, 4.69) is 0 Å². The van der Waals surface area contributed by atoms with Gasteiger partial charge in [-0.15, -0.1) is 11.8 Å². The van der Waals surface area contributed by atoms with Gasteiger partial charge in [0.2, 0.25) is 0 Å². The molecule has 2 saturated heterocycles. The fourth-order valence-corrected chi connectivity index (χ4v) is 4.40. The molecule has 0 amide bonds. The molecule has 1 aromatic rings. The van der Waals surface area contributed by atoms with Gasteiger partial charge < -0.3 is 15.2 Å². The first-order valence-electron chi connectivity index (χ1n) is 6.61. The van der Waals surface area contributed by atoms with Gasteiger partial charge >= 0.3 is 0 Å². The molecule has 0 bridgehead atoms. The Morgan fingerprint density at radius 2 is 2.26 bits per heavy atom. The maximum atomic E-state index is 6.24. The molecule has 2 unspecified atom stereocenters. The second kappa shape index (κ2) is 5.52. The minimum absolute atomic E-state index is 0.0636. The van der Waals surface area contributed by atoms with E-state index < -0.39 is 0 Å². The molecule has 0 aromatic heterocycles. The van der Waals surface area contributed by atoms with Crippen LogP contribution in [-0.2, 0) is 9.47 Å². The fourth-order valence-electron chi connectivity index (χ4n) is 2.76. The van der Waals surface area contributed by atoms with Crippen LogP contribution in [0.4, 0.5) is 5.69 Å². The number of hydrogen-bond donors (Lipinski definition) is 1. The van der Waals surface area contributed by atoms with E-state index in [1.54, 1.807) is 11.8 Å². The van der Waals surface area contributed by atoms with E-state index in [9.17, 15) is 0 Å². The van der Waals surface area contributed by atoms with Gasteiger partial charge in [0.05, 0.1) is 17.2 Å². The van der Waals surface area contributed by atoms with Gasteiger partial charge in [0.15, 0.2) is 0 Å². The van der Waals surface area contributed by atoms with Crippen LogP contribution in [0.3, 0.4) is 0 Å². The van der Waals surface area contributed by atoms with E-state index in [-0.39, 0.29) is 5.60 Å². The molecular formula is C14H18ClNO2S. The molecule has 2 N–H and O–H groups in total. The normalized spacial score (nSPS) is 30.9. The highest BCUT2D eigenvalue weighted by Gasteiger charge is 2.41. The summed E-state index contributed by atoms with van der Waals surface area (Å²) in [4.78, 5) is 1.00. The lowest BCUT2D eigenvalue weighted by molar-refractivity contribution is -0.0769. The zero-order valence-corrected chi connectivity index (χ0v) is 12.3. The number of benzene rings is 1.